The van der Waals surface area contributed by atoms with E-state index >= 15 is 0 Å². The Morgan fingerprint density at radius 2 is 2.10 bits per heavy atom. The number of hydrogen-bond donors (Lipinski definition) is 2. The van der Waals surface area contributed by atoms with Crippen LogP contribution in [-0.4, -0.2) is 41.9 Å². The van der Waals surface area contributed by atoms with E-state index < -0.39 is 0 Å². The van der Waals surface area contributed by atoms with Gasteiger partial charge in [-0.05, 0) is 18.4 Å². The van der Waals surface area contributed by atoms with Crippen molar-refractivity contribution in [2.24, 2.45) is 5.92 Å². The number of benzene rings is 1. The van der Waals surface area contributed by atoms with Gasteiger partial charge in [0.05, 0.1) is 11.7 Å². The Labute approximate surface area is 117 Å². The van der Waals surface area contributed by atoms with Gasteiger partial charge in [-0.15, -0.1) is 0 Å². The first-order chi connectivity index (χ1) is 9.56. The van der Waals surface area contributed by atoms with Crippen LogP contribution in [0.2, 0.25) is 0 Å². The maximum atomic E-state index is 12.5. The summed E-state index contributed by atoms with van der Waals surface area (Å²) in [7, 11) is 0. The number of nitrogen functional groups attached to an aromatic ring is 1. The van der Waals surface area contributed by atoms with Crippen LogP contribution in [0, 0.1) is 5.92 Å². The van der Waals surface area contributed by atoms with Gasteiger partial charge in [0.15, 0.2) is 11.5 Å². The van der Waals surface area contributed by atoms with Gasteiger partial charge in [-0.3, -0.25) is 4.79 Å². The number of rotatable bonds is 1. The highest BCUT2D eigenvalue weighted by Gasteiger charge is 2.29. The van der Waals surface area contributed by atoms with E-state index in [4.69, 9.17) is 15.2 Å². The van der Waals surface area contributed by atoms with Crippen molar-refractivity contribution in [2.45, 2.75) is 19.4 Å². The molecule has 20 heavy (non-hydrogen) atoms. The van der Waals surface area contributed by atoms with E-state index in [9.17, 15) is 9.90 Å². The largest absolute Gasteiger partial charge is 0.454 e. The molecule has 0 radical (unpaired) electrons. The first-order valence-electron chi connectivity index (χ1n) is 6.72. The normalized spacial score (nSPS) is 24.8. The number of fused-ring (bicyclic) bond motifs is 1. The first-order valence-corrected chi connectivity index (χ1v) is 6.72. The summed E-state index contributed by atoms with van der Waals surface area (Å²) < 4.78 is 10.5. The second-order valence-corrected chi connectivity index (χ2v) is 5.38. The Morgan fingerprint density at radius 3 is 2.80 bits per heavy atom. The number of aliphatic hydroxyl groups is 1. The quantitative estimate of drug-likeness (QED) is 0.744. The summed E-state index contributed by atoms with van der Waals surface area (Å²) in [6, 6.07) is 3.26. The average Bonchev–Trinajstić information content (AvgIpc) is 2.87. The van der Waals surface area contributed by atoms with Gasteiger partial charge in [0, 0.05) is 24.8 Å². The molecule has 3 rings (SSSR count). The molecule has 2 aliphatic heterocycles. The minimum absolute atomic E-state index is 0.0722. The molecule has 108 valence electrons. The summed E-state index contributed by atoms with van der Waals surface area (Å²) in [5, 5.41) is 9.73. The monoisotopic (exact) mass is 278 g/mol. The minimum atomic E-state index is -0.340. The zero-order chi connectivity index (χ0) is 14.3. The predicted molar refractivity (Wildman–Crippen MR) is 72.7 cm³/mol. The van der Waals surface area contributed by atoms with E-state index in [2.05, 4.69) is 0 Å². The molecule has 6 nitrogen and oxygen atoms in total. The lowest BCUT2D eigenvalue weighted by molar-refractivity contribution is 0.0298. The molecule has 0 bridgehead atoms. The Balaban J connectivity index is 1.84. The fraction of sp³-hybridized carbons (Fsp3) is 0.500. The van der Waals surface area contributed by atoms with Crippen molar-refractivity contribution in [1.29, 1.82) is 0 Å². The van der Waals surface area contributed by atoms with Crippen molar-refractivity contribution in [3.05, 3.63) is 17.7 Å². The van der Waals surface area contributed by atoms with Crippen LogP contribution in [-0.2, 0) is 0 Å². The molecule has 2 aliphatic rings. The Morgan fingerprint density at radius 1 is 1.40 bits per heavy atom. The number of nitrogens with zero attached hydrogens (tertiary/aromatic N) is 1. The maximum absolute atomic E-state index is 12.5. The molecular weight excluding hydrogens is 260 g/mol. The minimum Gasteiger partial charge on any atom is -0.454 e. The number of ether oxygens (including phenoxy) is 2. The van der Waals surface area contributed by atoms with Crippen LogP contribution in [0.4, 0.5) is 5.69 Å². The number of aliphatic hydroxyl groups excluding tert-OH is 1. The van der Waals surface area contributed by atoms with E-state index in [0.29, 0.717) is 42.3 Å². The van der Waals surface area contributed by atoms with Gasteiger partial charge < -0.3 is 25.2 Å². The van der Waals surface area contributed by atoms with Crippen LogP contribution in [0.3, 0.4) is 0 Å². The van der Waals surface area contributed by atoms with Crippen LogP contribution in [0.5, 0.6) is 11.5 Å². The van der Waals surface area contributed by atoms with Gasteiger partial charge in [-0.2, -0.15) is 0 Å². The van der Waals surface area contributed by atoms with Gasteiger partial charge in [-0.25, -0.2) is 0 Å². The van der Waals surface area contributed by atoms with Crippen molar-refractivity contribution in [3.8, 4) is 11.5 Å². The molecule has 1 saturated heterocycles. The molecule has 3 N–H and O–H groups in total. The van der Waals surface area contributed by atoms with Crippen molar-refractivity contribution in [2.75, 3.05) is 25.6 Å². The van der Waals surface area contributed by atoms with E-state index in [1.54, 1.807) is 17.0 Å². The highest BCUT2D eigenvalue weighted by Crippen LogP contribution is 2.36. The average molecular weight is 278 g/mol. The lowest BCUT2D eigenvalue weighted by atomic mass is 9.96. The van der Waals surface area contributed by atoms with Crippen molar-refractivity contribution < 1.29 is 19.4 Å². The fourth-order valence-electron chi connectivity index (χ4n) is 2.63. The Kier molecular flexibility index (Phi) is 3.17. The third kappa shape index (κ3) is 2.16. The number of carbonyl (C=O) groups is 1. The van der Waals surface area contributed by atoms with Crippen molar-refractivity contribution >= 4 is 11.6 Å². The number of piperidine rings is 1. The molecule has 1 fully saturated rings. The molecule has 2 heterocycles. The van der Waals surface area contributed by atoms with Crippen LogP contribution in [0.1, 0.15) is 23.7 Å². The highest BCUT2D eigenvalue weighted by molar-refractivity contribution is 6.00. The van der Waals surface area contributed by atoms with E-state index in [1.807, 2.05) is 6.92 Å². The molecule has 2 unspecified atom stereocenters. The van der Waals surface area contributed by atoms with Gasteiger partial charge >= 0.3 is 0 Å². The summed E-state index contributed by atoms with van der Waals surface area (Å²) >= 11 is 0. The van der Waals surface area contributed by atoms with Gasteiger partial charge in [-0.1, -0.05) is 6.92 Å². The number of carbonyl (C=O) groups excluding carboxylic acids is 1. The summed E-state index contributed by atoms with van der Waals surface area (Å²) in [4.78, 5) is 14.3. The number of likely N-dealkylation sites (tertiary alicyclic amines) is 1. The zero-order valence-electron chi connectivity index (χ0n) is 11.3. The SMILES string of the molecule is CC1CN(C(=O)c2cc3c(cc2N)OCO3)CCC1O. The van der Waals surface area contributed by atoms with Gasteiger partial charge in [0.2, 0.25) is 6.79 Å². The van der Waals surface area contributed by atoms with E-state index in [-0.39, 0.29) is 24.7 Å². The molecule has 0 saturated carbocycles. The van der Waals surface area contributed by atoms with Crippen LogP contribution >= 0.6 is 0 Å². The zero-order valence-corrected chi connectivity index (χ0v) is 11.3. The summed E-state index contributed by atoms with van der Waals surface area (Å²) in [6.45, 7) is 3.17. The molecule has 1 aromatic carbocycles. The molecule has 0 spiro atoms. The van der Waals surface area contributed by atoms with Crippen molar-refractivity contribution in [1.82, 2.24) is 4.90 Å². The standard InChI is InChI=1S/C14H18N2O4/c1-8-6-16(3-2-11(8)17)14(18)9-4-12-13(5-10(9)15)20-7-19-12/h4-5,8,11,17H,2-3,6-7,15H2,1H3. The van der Waals surface area contributed by atoms with Crippen LogP contribution in [0.25, 0.3) is 0 Å². The highest BCUT2D eigenvalue weighted by atomic mass is 16.7. The number of hydrogen-bond acceptors (Lipinski definition) is 5. The van der Waals surface area contributed by atoms with Crippen LogP contribution < -0.4 is 15.2 Å². The van der Waals surface area contributed by atoms with Gasteiger partial charge in [0.1, 0.15) is 0 Å². The molecule has 0 aromatic heterocycles. The number of nitrogens with two attached hydrogens (primary N) is 1. The maximum Gasteiger partial charge on any atom is 0.256 e. The lowest BCUT2D eigenvalue weighted by Gasteiger charge is -2.34. The summed E-state index contributed by atoms with van der Waals surface area (Å²) in [5.74, 6) is 1.07. The smallest absolute Gasteiger partial charge is 0.256 e. The Hall–Kier alpha value is -1.95. The lowest BCUT2D eigenvalue weighted by Crippen LogP contribution is -2.45. The second kappa shape index (κ2) is 4.86. The molecule has 1 aromatic rings. The van der Waals surface area contributed by atoms with E-state index in [1.165, 1.54) is 0 Å². The molecule has 1 amide bonds. The first kappa shape index (κ1) is 13.1. The number of amides is 1. The number of anilines is 1. The molecular formula is C14H18N2O4. The fourth-order valence-corrected chi connectivity index (χ4v) is 2.63. The molecule has 0 aliphatic carbocycles. The Bertz CT molecular complexity index is 546. The third-order valence-corrected chi connectivity index (χ3v) is 3.92. The van der Waals surface area contributed by atoms with E-state index in [0.717, 1.165) is 0 Å². The van der Waals surface area contributed by atoms with Crippen molar-refractivity contribution in [3.63, 3.8) is 0 Å². The summed E-state index contributed by atoms with van der Waals surface area (Å²) in [6.07, 6.45) is 0.255. The van der Waals surface area contributed by atoms with Gasteiger partial charge in [0.25, 0.3) is 5.91 Å². The van der Waals surface area contributed by atoms with Crippen LogP contribution in [0.15, 0.2) is 12.1 Å². The topological polar surface area (TPSA) is 85.0 Å². The summed E-state index contributed by atoms with van der Waals surface area (Å²) in [5.41, 5.74) is 6.75. The second-order valence-electron chi connectivity index (χ2n) is 5.38. The predicted octanol–water partition coefficient (Wildman–Crippen LogP) is 0.840. The third-order valence-electron chi connectivity index (χ3n) is 3.92. The molecule has 2 atom stereocenters. The molecule has 6 heteroatoms.